The van der Waals surface area contributed by atoms with Crippen LogP contribution in [-0.2, 0) is 13.6 Å². The van der Waals surface area contributed by atoms with Gasteiger partial charge in [-0.05, 0) is 30.4 Å². The van der Waals surface area contributed by atoms with Gasteiger partial charge in [0.1, 0.15) is 0 Å². The number of rotatable bonds is 4. The van der Waals surface area contributed by atoms with E-state index in [-0.39, 0.29) is 0 Å². The summed E-state index contributed by atoms with van der Waals surface area (Å²) in [7, 11) is 2.03. The SMILES string of the molecule is CC1CCCC(O)(CNCc2ccn(C)c2)C1. The summed E-state index contributed by atoms with van der Waals surface area (Å²) in [5, 5.41) is 13.8. The third kappa shape index (κ3) is 3.58. The summed E-state index contributed by atoms with van der Waals surface area (Å²) in [4.78, 5) is 0. The molecule has 1 aliphatic carbocycles. The molecule has 1 aromatic heterocycles. The molecule has 2 N–H and O–H groups in total. The highest BCUT2D eigenvalue weighted by Crippen LogP contribution is 2.31. The molecule has 0 aromatic carbocycles. The van der Waals surface area contributed by atoms with Gasteiger partial charge in [-0.15, -0.1) is 0 Å². The average Bonchev–Trinajstić information content (AvgIpc) is 2.63. The maximum Gasteiger partial charge on any atom is 0.0774 e. The number of hydrogen-bond acceptors (Lipinski definition) is 2. The maximum atomic E-state index is 10.5. The first-order valence-corrected chi connectivity index (χ1v) is 6.61. The van der Waals surface area contributed by atoms with Crippen LogP contribution in [0.2, 0.25) is 0 Å². The molecule has 1 aromatic rings. The van der Waals surface area contributed by atoms with Crippen molar-refractivity contribution in [2.75, 3.05) is 6.54 Å². The summed E-state index contributed by atoms with van der Waals surface area (Å²) < 4.78 is 2.05. The first kappa shape index (κ1) is 12.7. The summed E-state index contributed by atoms with van der Waals surface area (Å²) in [5.74, 6) is 0.660. The quantitative estimate of drug-likeness (QED) is 0.839. The van der Waals surface area contributed by atoms with Gasteiger partial charge in [0, 0.05) is 32.5 Å². The van der Waals surface area contributed by atoms with Crippen molar-refractivity contribution in [2.45, 2.75) is 44.8 Å². The zero-order chi connectivity index (χ0) is 12.3. The molecule has 2 atom stereocenters. The molecule has 3 nitrogen and oxygen atoms in total. The molecule has 0 amide bonds. The van der Waals surface area contributed by atoms with Crippen LogP contribution in [0.25, 0.3) is 0 Å². The zero-order valence-electron chi connectivity index (χ0n) is 10.9. The highest BCUT2D eigenvalue weighted by Gasteiger charge is 2.31. The second kappa shape index (κ2) is 5.23. The molecule has 1 fully saturated rings. The molecule has 17 heavy (non-hydrogen) atoms. The van der Waals surface area contributed by atoms with Crippen molar-refractivity contribution in [3.8, 4) is 0 Å². The number of aliphatic hydroxyl groups is 1. The van der Waals surface area contributed by atoms with Gasteiger partial charge in [-0.2, -0.15) is 0 Å². The molecule has 0 radical (unpaired) electrons. The number of nitrogens with one attached hydrogen (secondary N) is 1. The lowest BCUT2D eigenvalue weighted by molar-refractivity contribution is -0.0119. The first-order chi connectivity index (χ1) is 8.07. The van der Waals surface area contributed by atoms with Crippen molar-refractivity contribution in [3.05, 3.63) is 24.0 Å². The number of aryl methyl sites for hydroxylation is 1. The van der Waals surface area contributed by atoms with E-state index in [1.165, 1.54) is 12.0 Å². The molecule has 2 unspecified atom stereocenters. The minimum absolute atomic E-state index is 0.480. The third-order valence-corrected chi connectivity index (χ3v) is 3.74. The van der Waals surface area contributed by atoms with Gasteiger partial charge in [-0.1, -0.05) is 19.8 Å². The fourth-order valence-electron chi connectivity index (χ4n) is 2.90. The van der Waals surface area contributed by atoms with E-state index in [0.29, 0.717) is 12.5 Å². The summed E-state index contributed by atoms with van der Waals surface area (Å²) in [5.41, 5.74) is 0.798. The van der Waals surface area contributed by atoms with E-state index in [2.05, 4.69) is 35.3 Å². The maximum absolute atomic E-state index is 10.5. The van der Waals surface area contributed by atoms with E-state index in [1.807, 2.05) is 7.05 Å². The van der Waals surface area contributed by atoms with E-state index < -0.39 is 5.60 Å². The molecule has 0 bridgehead atoms. The van der Waals surface area contributed by atoms with Crippen LogP contribution in [-0.4, -0.2) is 21.8 Å². The molecule has 0 aliphatic heterocycles. The number of aromatic nitrogens is 1. The number of nitrogens with zero attached hydrogens (tertiary/aromatic N) is 1. The van der Waals surface area contributed by atoms with Gasteiger partial charge in [0.15, 0.2) is 0 Å². The highest BCUT2D eigenvalue weighted by atomic mass is 16.3. The molecule has 1 aliphatic rings. The highest BCUT2D eigenvalue weighted by molar-refractivity contribution is 5.09. The van der Waals surface area contributed by atoms with E-state index in [1.54, 1.807) is 0 Å². The predicted octanol–water partition coefficient (Wildman–Crippen LogP) is 2.06. The fraction of sp³-hybridized carbons (Fsp3) is 0.714. The fourth-order valence-corrected chi connectivity index (χ4v) is 2.90. The Kier molecular flexibility index (Phi) is 3.89. The van der Waals surface area contributed by atoms with Crippen molar-refractivity contribution in [2.24, 2.45) is 13.0 Å². The van der Waals surface area contributed by atoms with Crippen LogP contribution in [0.15, 0.2) is 18.5 Å². The van der Waals surface area contributed by atoms with Crippen molar-refractivity contribution in [1.29, 1.82) is 0 Å². The van der Waals surface area contributed by atoms with Crippen LogP contribution in [0.4, 0.5) is 0 Å². The molecule has 1 heterocycles. The topological polar surface area (TPSA) is 37.2 Å². The Bertz CT molecular complexity index is 361. The molecular weight excluding hydrogens is 212 g/mol. The first-order valence-electron chi connectivity index (χ1n) is 6.61. The van der Waals surface area contributed by atoms with Crippen LogP contribution in [0.3, 0.4) is 0 Å². The Balaban J connectivity index is 1.77. The second-order valence-electron chi connectivity index (χ2n) is 5.71. The summed E-state index contributed by atoms with van der Waals surface area (Å²) in [6.45, 7) is 3.80. The smallest absolute Gasteiger partial charge is 0.0774 e. The normalized spacial score (nSPS) is 29.5. The minimum Gasteiger partial charge on any atom is -0.389 e. The lowest BCUT2D eigenvalue weighted by Crippen LogP contribution is -2.43. The molecule has 0 saturated heterocycles. The summed E-state index contributed by atoms with van der Waals surface area (Å²) in [6.07, 6.45) is 8.47. The van der Waals surface area contributed by atoms with Crippen LogP contribution in [0, 0.1) is 5.92 Å². The van der Waals surface area contributed by atoms with Gasteiger partial charge in [0.2, 0.25) is 0 Å². The summed E-state index contributed by atoms with van der Waals surface area (Å²) in [6, 6.07) is 2.11. The minimum atomic E-state index is -0.480. The monoisotopic (exact) mass is 236 g/mol. The average molecular weight is 236 g/mol. The number of hydrogen-bond donors (Lipinski definition) is 2. The zero-order valence-corrected chi connectivity index (χ0v) is 10.9. The van der Waals surface area contributed by atoms with Gasteiger partial charge in [0.25, 0.3) is 0 Å². The lowest BCUT2D eigenvalue weighted by atomic mass is 9.79. The van der Waals surface area contributed by atoms with Crippen molar-refractivity contribution < 1.29 is 5.11 Å². The lowest BCUT2D eigenvalue weighted by Gasteiger charge is -2.35. The Morgan fingerprint density at radius 1 is 1.59 bits per heavy atom. The second-order valence-corrected chi connectivity index (χ2v) is 5.71. The van der Waals surface area contributed by atoms with E-state index in [0.717, 1.165) is 25.8 Å². The van der Waals surface area contributed by atoms with Crippen molar-refractivity contribution in [1.82, 2.24) is 9.88 Å². The standard InChI is InChI=1S/C14H24N2O/c1-12-4-3-6-14(17,8-12)11-15-9-13-5-7-16(2)10-13/h5,7,10,12,15,17H,3-4,6,8-9,11H2,1-2H3. The van der Waals surface area contributed by atoms with E-state index in [9.17, 15) is 5.11 Å². The van der Waals surface area contributed by atoms with Crippen LogP contribution in [0.1, 0.15) is 38.2 Å². The molecular formula is C14H24N2O. The third-order valence-electron chi connectivity index (χ3n) is 3.74. The Morgan fingerprint density at radius 3 is 3.06 bits per heavy atom. The van der Waals surface area contributed by atoms with Gasteiger partial charge in [-0.25, -0.2) is 0 Å². The Morgan fingerprint density at radius 2 is 2.41 bits per heavy atom. The van der Waals surface area contributed by atoms with Gasteiger partial charge >= 0.3 is 0 Å². The molecule has 0 spiro atoms. The molecule has 1 saturated carbocycles. The van der Waals surface area contributed by atoms with Gasteiger partial charge in [0.05, 0.1) is 5.60 Å². The molecule has 3 heteroatoms. The Hall–Kier alpha value is -0.800. The van der Waals surface area contributed by atoms with E-state index in [4.69, 9.17) is 0 Å². The van der Waals surface area contributed by atoms with E-state index >= 15 is 0 Å². The van der Waals surface area contributed by atoms with Crippen LogP contribution < -0.4 is 5.32 Å². The van der Waals surface area contributed by atoms with Crippen LogP contribution in [0.5, 0.6) is 0 Å². The predicted molar refractivity (Wildman–Crippen MR) is 69.7 cm³/mol. The van der Waals surface area contributed by atoms with Gasteiger partial charge < -0.3 is 15.0 Å². The molecule has 96 valence electrons. The molecule has 2 rings (SSSR count). The summed E-state index contributed by atoms with van der Waals surface area (Å²) >= 11 is 0. The van der Waals surface area contributed by atoms with Crippen molar-refractivity contribution >= 4 is 0 Å². The van der Waals surface area contributed by atoms with Gasteiger partial charge in [-0.3, -0.25) is 0 Å². The largest absolute Gasteiger partial charge is 0.389 e. The van der Waals surface area contributed by atoms with Crippen molar-refractivity contribution in [3.63, 3.8) is 0 Å². The van der Waals surface area contributed by atoms with Crippen LogP contribution >= 0.6 is 0 Å². The Labute approximate surface area is 104 Å².